The topological polar surface area (TPSA) is 203 Å². The van der Waals surface area contributed by atoms with Crippen molar-refractivity contribution >= 4 is 98.1 Å². The molecule has 2 unspecified atom stereocenters. The summed E-state index contributed by atoms with van der Waals surface area (Å²) < 4.78 is 34.0. The maximum atomic E-state index is 12.8. The molecule has 2 atom stereocenters. The van der Waals surface area contributed by atoms with Crippen LogP contribution in [0.1, 0.15) is 62.5 Å². The maximum Gasteiger partial charge on any atom is 0.414 e. The molecule has 2 rings (SSSR count). The Morgan fingerprint density at radius 2 is 1.22 bits per heavy atom. The van der Waals surface area contributed by atoms with Crippen LogP contribution >= 0.6 is 15.2 Å². The first-order valence-corrected chi connectivity index (χ1v) is 17.2. The van der Waals surface area contributed by atoms with E-state index in [4.69, 9.17) is 9.47 Å². The zero-order valence-corrected chi connectivity index (χ0v) is 33.3. The molecule has 14 nitrogen and oxygen atoms in total. The molecule has 0 bridgehead atoms. The van der Waals surface area contributed by atoms with E-state index in [-0.39, 0.29) is 82.4 Å². The van der Waals surface area contributed by atoms with E-state index in [0.29, 0.717) is 12.2 Å². The Bertz CT molecular complexity index is 1390. The number of amides is 3. The van der Waals surface area contributed by atoms with Crippen molar-refractivity contribution in [1.82, 2.24) is 9.80 Å². The monoisotopic (exact) mass is 703 g/mol. The van der Waals surface area contributed by atoms with Gasteiger partial charge in [-0.15, -0.1) is 0 Å². The predicted octanol–water partition coefficient (Wildman–Crippen LogP) is 4.13. The summed E-state index contributed by atoms with van der Waals surface area (Å²) in [6.45, 7) is 4.03. The molecule has 5 N–H and O–H groups in total. The summed E-state index contributed by atoms with van der Waals surface area (Å²) in [4.78, 5) is 77.1. The average Bonchev–Trinajstić information content (AvgIpc) is 2.91. The predicted molar refractivity (Wildman–Crippen MR) is 176 cm³/mol. The van der Waals surface area contributed by atoms with E-state index >= 15 is 0 Å². The molecule has 0 saturated carbocycles. The first-order valence-electron chi connectivity index (χ1n) is 13.8. The number of nitrogens with zero attached hydrogens (tertiary/aromatic N) is 2. The molecule has 0 heterocycles. The van der Waals surface area contributed by atoms with Gasteiger partial charge in [-0.05, 0) is 66.5 Å². The van der Waals surface area contributed by atoms with Gasteiger partial charge in [0, 0.05) is 93.7 Å². The van der Waals surface area contributed by atoms with Gasteiger partial charge in [0.05, 0.1) is 5.69 Å². The molecular formula is C28H41N3Na2O11P2. The second kappa shape index (κ2) is 19.7. The van der Waals surface area contributed by atoms with Crippen LogP contribution in [0.25, 0.3) is 0 Å². The zero-order valence-electron chi connectivity index (χ0n) is 27.5. The van der Waals surface area contributed by atoms with Crippen LogP contribution in [0.5, 0.6) is 11.5 Å². The Labute approximate surface area is 313 Å². The average molecular weight is 704 g/mol. The number of anilines is 1. The Hall–Kier alpha value is -1.25. The molecule has 246 valence electrons. The van der Waals surface area contributed by atoms with Crippen LogP contribution in [-0.4, -0.2) is 140 Å². The van der Waals surface area contributed by atoms with Gasteiger partial charge in [0.1, 0.15) is 5.75 Å². The van der Waals surface area contributed by atoms with Crippen molar-refractivity contribution in [2.24, 2.45) is 0 Å². The summed E-state index contributed by atoms with van der Waals surface area (Å²) in [6.07, 6.45) is -1.19. The van der Waals surface area contributed by atoms with E-state index in [1.165, 1.54) is 30.0 Å². The minimum Gasteiger partial charge on any atom is -0.410 e. The van der Waals surface area contributed by atoms with Gasteiger partial charge in [-0.3, -0.25) is 13.9 Å². The summed E-state index contributed by atoms with van der Waals surface area (Å²) in [7, 11) is -4.29. The van der Waals surface area contributed by atoms with Crippen molar-refractivity contribution in [1.29, 1.82) is 0 Å². The normalized spacial score (nSPS) is 12.6. The van der Waals surface area contributed by atoms with Crippen molar-refractivity contribution in [2.75, 3.05) is 33.5 Å². The molecule has 0 spiro atoms. The van der Waals surface area contributed by atoms with Crippen LogP contribution in [-0.2, 0) is 13.9 Å². The summed E-state index contributed by atoms with van der Waals surface area (Å²) in [6, 6.07) is 12.1. The van der Waals surface area contributed by atoms with Gasteiger partial charge in [0.15, 0.2) is 11.1 Å². The fourth-order valence-electron chi connectivity index (χ4n) is 4.64. The van der Waals surface area contributed by atoms with E-state index in [9.17, 15) is 43.1 Å². The van der Waals surface area contributed by atoms with E-state index < -0.39 is 51.5 Å². The van der Waals surface area contributed by atoms with Crippen LogP contribution in [0.4, 0.5) is 15.3 Å². The van der Waals surface area contributed by atoms with Crippen LogP contribution < -0.4 is 14.8 Å². The number of carbonyl (C=O) groups excluding carboxylic acids is 3. The van der Waals surface area contributed by atoms with Crippen molar-refractivity contribution in [3.8, 4) is 11.5 Å². The molecule has 2 radical (unpaired) electrons. The molecule has 2 aromatic rings. The van der Waals surface area contributed by atoms with Crippen LogP contribution in [0.15, 0.2) is 42.5 Å². The summed E-state index contributed by atoms with van der Waals surface area (Å²) in [5.74, 6) is -0.452. The number of hydrogen-bond donors (Lipinski definition) is 5. The number of ether oxygens (including phenoxy) is 2. The van der Waals surface area contributed by atoms with Crippen molar-refractivity contribution < 1.29 is 52.6 Å². The molecule has 2 aromatic carbocycles. The second-order valence-corrected chi connectivity index (χ2v) is 14.6. The molecular weight excluding hydrogens is 662 g/mol. The first-order chi connectivity index (χ1) is 20.4. The number of rotatable bonds is 13. The molecule has 0 saturated heterocycles. The SMILES string of the molecule is CCC(c1ccc(OC(=O)N(C)C)cc1)C(CC)c1ccc(OC(=O)N(C)C)c(NC(=O)CCC(P(=O)(O)O)P(=O)(O)O)c1.[Na].[Na]. The molecule has 0 aliphatic rings. The molecule has 0 aromatic heterocycles. The second-order valence-electron chi connectivity index (χ2n) is 10.6. The van der Waals surface area contributed by atoms with E-state index in [0.717, 1.165) is 17.5 Å². The van der Waals surface area contributed by atoms with E-state index in [1.54, 1.807) is 38.4 Å². The third-order valence-electron chi connectivity index (χ3n) is 6.92. The van der Waals surface area contributed by atoms with Gasteiger partial charge >= 0.3 is 27.4 Å². The van der Waals surface area contributed by atoms with Gasteiger partial charge in [-0.25, -0.2) is 9.59 Å². The third-order valence-corrected chi connectivity index (χ3v) is 10.8. The molecule has 18 heteroatoms. The van der Waals surface area contributed by atoms with Gasteiger partial charge in [0.25, 0.3) is 0 Å². The minimum absolute atomic E-state index is 0. The Morgan fingerprint density at radius 3 is 1.67 bits per heavy atom. The van der Waals surface area contributed by atoms with Crippen LogP contribution in [0.3, 0.4) is 0 Å². The fourth-order valence-corrected chi connectivity index (χ4v) is 7.13. The zero-order chi connectivity index (χ0) is 33.4. The van der Waals surface area contributed by atoms with Crippen molar-refractivity contribution in [3.05, 3.63) is 53.6 Å². The minimum atomic E-state index is -5.20. The molecule has 46 heavy (non-hydrogen) atoms. The molecule has 0 aliphatic carbocycles. The Balaban J connectivity index is 0.0000101. The third kappa shape index (κ3) is 13.3. The quantitative estimate of drug-likeness (QED) is 0.148. The van der Waals surface area contributed by atoms with Crippen LogP contribution in [0, 0.1) is 0 Å². The Morgan fingerprint density at radius 1 is 0.761 bits per heavy atom. The maximum absolute atomic E-state index is 12.8. The van der Waals surface area contributed by atoms with Crippen LogP contribution in [0.2, 0.25) is 0 Å². The first kappa shape index (κ1) is 44.8. The van der Waals surface area contributed by atoms with Gasteiger partial charge in [-0.2, -0.15) is 0 Å². The summed E-state index contributed by atoms with van der Waals surface area (Å²) in [5.41, 5.74) is 1.88. The number of hydrogen-bond acceptors (Lipinski definition) is 7. The number of benzene rings is 2. The molecule has 0 aliphatic heterocycles. The summed E-state index contributed by atoms with van der Waals surface area (Å²) >= 11 is 0. The summed E-state index contributed by atoms with van der Waals surface area (Å²) in [5, 5.41) is 0.243. The van der Waals surface area contributed by atoms with E-state index in [1.807, 2.05) is 26.0 Å². The van der Waals surface area contributed by atoms with Crippen molar-refractivity contribution in [2.45, 2.75) is 56.8 Å². The number of nitrogens with one attached hydrogen (secondary N) is 1. The van der Waals surface area contributed by atoms with Gasteiger partial charge < -0.3 is 44.2 Å². The largest absolute Gasteiger partial charge is 0.414 e. The van der Waals surface area contributed by atoms with Gasteiger partial charge in [0.2, 0.25) is 5.91 Å². The van der Waals surface area contributed by atoms with Crippen molar-refractivity contribution in [3.63, 3.8) is 0 Å². The number of carbonyl (C=O) groups is 3. The Kier molecular flexibility index (Phi) is 19.1. The molecule has 0 fully saturated rings. The standard InChI is InChI=1S/C28H41N3O11P2.2Na/c1-7-21(18-9-12-20(13-10-18)41-27(33)30(3)4)22(8-2)19-11-14-24(42-28(34)31(5)6)23(17-19)29-25(32)15-16-26(43(35,36)37)44(38,39)40;;/h9-14,17,21-22,26H,7-8,15-16H2,1-6H3,(H,29,32)(H2,35,36,37)(H2,38,39,40);;. The fraction of sp³-hybridized carbons (Fsp3) is 0.464. The smallest absolute Gasteiger partial charge is 0.410 e. The molecule has 3 amide bonds. The van der Waals surface area contributed by atoms with Gasteiger partial charge in [-0.1, -0.05) is 32.0 Å². The van der Waals surface area contributed by atoms with E-state index in [2.05, 4.69) is 5.32 Å².